The second-order valence-corrected chi connectivity index (χ2v) is 6.65. The molecule has 0 aliphatic rings. The maximum atomic E-state index is 11.6. The Balaban J connectivity index is 1.59. The highest BCUT2D eigenvalue weighted by molar-refractivity contribution is 7.16. The lowest BCUT2D eigenvalue weighted by Crippen LogP contribution is -2.37. The monoisotopic (exact) mass is 338 g/mol. The molecule has 0 fully saturated rings. The molecular weight excluding hydrogens is 320 g/mol. The number of benzene rings is 1. The van der Waals surface area contributed by atoms with Gasteiger partial charge in [0.05, 0.1) is 10.4 Å². The van der Waals surface area contributed by atoms with Gasteiger partial charge in [0.2, 0.25) is 0 Å². The molecule has 22 heavy (non-hydrogen) atoms. The van der Waals surface area contributed by atoms with Crippen molar-refractivity contribution in [3.05, 3.63) is 57.2 Å². The molecule has 0 aliphatic carbocycles. The second-order valence-electron chi connectivity index (χ2n) is 4.85. The molecule has 6 heteroatoms. The van der Waals surface area contributed by atoms with E-state index in [0.29, 0.717) is 19.5 Å². The third kappa shape index (κ3) is 5.67. The number of carbonyl (C=O) groups is 1. The summed E-state index contributed by atoms with van der Waals surface area (Å²) in [5, 5.41) is 15.5. The molecule has 0 saturated heterocycles. The third-order valence-corrected chi connectivity index (χ3v) is 4.46. The van der Waals surface area contributed by atoms with Crippen molar-refractivity contribution >= 4 is 29.0 Å². The van der Waals surface area contributed by atoms with Gasteiger partial charge in [-0.05, 0) is 30.5 Å². The lowest BCUT2D eigenvalue weighted by atomic mass is 10.1. The number of rotatable bonds is 7. The summed E-state index contributed by atoms with van der Waals surface area (Å²) in [5.41, 5.74) is 0.860. The fourth-order valence-electron chi connectivity index (χ4n) is 2.01. The van der Waals surface area contributed by atoms with Crippen LogP contribution in [0, 0.1) is 0 Å². The molecule has 118 valence electrons. The van der Waals surface area contributed by atoms with Gasteiger partial charge in [-0.1, -0.05) is 41.9 Å². The van der Waals surface area contributed by atoms with E-state index in [1.807, 2.05) is 42.5 Å². The first-order valence-corrected chi connectivity index (χ1v) is 8.33. The molecule has 0 aliphatic heterocycles. The number of halogens is 1. The minimum atomic E-state index is -0.560. The summed E-state index contributed by atoms with van der Waals surface area (Å²) in [6.45, 7) is 0.983. The van der Waals surface area contributed by atoms with Gasteiger partial charge in [-0.2, -0.15) is 0 Å². The molecule has 2 rings (SSSR count). The summed E-state index contributed by atoms with van der Waals surface area (Å²) in [5.74, 6) is 0. The molecular formula is C16H19ClN2O2S. The summed E-state index contributed by atoms with van der Waals surface area (Å²) in [4.78, 5) is 12.8. The van der Waals surface area contributed by atoms with Crippen molar-refractivity contribution in [1.82, 2.24) is 10.6 Å². The van der Waals surface area contributed by atoms with E-state index in [1.54, 1.807) is 0 Å². The number of aliphatic hydroxyl groups excluding tert-OH is 1. The van der Waals surface area contributed by atoms with Gasteiger partial charge >= 0.3 is 6.03 Å². The lowest BCUT2D eigenvalue weighted by molar-refractivity contribution is 0.167. The number of aliphatic hydroxyl groups is 1. The fraction of sp³-hybridized carbons (Fsp3) is 0.312. The molecule has 0 bridgehead atoms. The van der Waals surface area contributed by atoms with E-state index >= 15 is 0 Å². The first kappa shape index (κ1) is 16.8. The Morgan fingerprint density at radius 2 is 1.86 bits per heavy atom. The van der Waals surface area contributed by atoms with Gasteiger partial charge in [0.1, 0.15) is 0 Å². The molecule has 0 spiro atoms. The van der Waals surface area contributed by atoms with Gasteiger partial charge in [-0.3, -0.25) is 0 Å². The number of hydrogen-bond donors (Lipinski definition) is 3. The maximum absolute atomic E-state index is 11.6. The maximum Gasteiger partial charge on any atom is 0.314 e. The largest absolute Gasteiger partial charge is 0.388 e. The van der Waals surface area contributed by atoms with E-state index in [2.05, 4.69) is 10.6 Å². The first-order chi connectivity index (χ1) is 10.6. The van der Waals surface area contributed by atoms with Crippen LogP contribution in [0.5, 0.6) is 0 Å². The predicted octanol–water partition coefficient (Wildman–Crippen LogP) is 3.37. The molecule has 4 nitrogen and oxygen atoms in total. The molecule has 1 unspecified atom stereocenters. The zero-order valence-corrected chi connectivity index (χ0v) is 13.7. The van der Waals surface area contributed by atoms with Crippen molar-refractivity contribution in [2.75, 3.05) is 13.1 Å². The molecule has 1 aromatic heterocycles. The number of carbonyl (C=O) groups excluding carboxylic acids is 1. The number of hydrogen-bond acceptors (Lipinski definition) is 3. The van der Waals surface area contributed by atoms with E-state index in [4.69, 9.17) is 11.6 Å². The fourth-order valence-corrected chi connectivity index (χ4v) is 3.10. The summed E-state index contributed by atoms with van der Waals surface area (Å²) in [6.07, 6.45) is 0.685. The molecule has 1 aromatic carbocycles. The minimum Gasteiger partial charge on any atom is -0.388 e. The average molecular weight is 339 g/mol. The van der Waals surface area contributed by atoms with Gasteiger partial charge in [0.15, 0.2) is 0 Å². The molecule has 1 atom stereocenters. The van der Waals surface area contributed by atoms with Crippen LogP contribution in [-0.2, 0) is 6.42 Å². The van der Waals surface area contributed by atoms with Crippen LogP contribution in [0.15, 0.2) is 42.5 Å². The van der Waals surface area contributed by atoms with Crippen LogP contribution in [0.4, 0.5) is 4.79 Å². The van der Waals surface area contributed by atoms with E-state index < -0.39 is 6.10 Å². The Labute approximate surface area is 139 Å². The quantitative estimate of drug-likeness (QED) is 0.725. The van der Waals surface area contributed by atoms with E-state index in [1.165, 1.54) is 11.3 Å². The van der Waals surface area contributed by atoms with Gasteiger partial charge in [0, 0.05) is 18.0 Å². The van der Waals surface area contributed by atoms with Crippen LogP contribution in [0.1, 0.15) is 23.0 Å². The number of thiophene rings is 1. The lowest BCUT2D eigenvalue weighted by Gasteiger charge is -2.12. The van der Waals surface area contributed by atoms with Crippen LogP contribution < -0.4 is 10.6 Å². The van der Waals surface area contributed by atoms with Crippen molar-refractivity contribution in [2.24, 2.45) is 0 Å². The van der Waals surface area contributed by atoms with Crippen LogP contribution in [0.2, 0.25) is 4.34 Å². The molecule has 3 N–H and O–H groups in total. The van der Waals surface area contributed by atoms with Crippen LogP contribution in [0.25, 0.3) is 0 Å². The molecule has 0 radical (unpaired) electrons. The van der Waals surface area contributed by atoms with Crippen molar-refractivity contribution in [2.45, 2.75) is 18.9 Å². The number of urea groups is 1. The topological polar surface area (TPSA) is 61.4 Å². The van der Waals surface area contributed by atoms with Crippen molar-refractivity contribution in [3.8, 4) is 0 Å². The van der Waals surface area contributed by atoms with E-state index in [-0.39, 0.29) is 6.03 Å². The SMILES string of the molecule is O=C(NCCc1ccc(Cl)s1)NCCC(O)c1ccccc1. The Morgan fingerprint density at radius 1 is 1.14 bits per heavy atom. The zero-order valence-electron chi connectivity index (χ0n) is 12.1. The Kier molecular flexibility index (Phi) is 6.71. The molecule has 0 saturated carbocycles. The van der Waals surface area contributed by atoms with Gasteiger partial charge < -0.3 is 15.7 Å². The highest BCUT2D eigenvalue weighted by Crippen LogP contribution is 2.21. The summed E-state index contributed by atoms with van der Waals surface area (Å²) in [6, 6.07) is 13.0. The highest BCUT2D eigenvalue weighted by atomic mass is 35.5. The minimum absolute atomic E-state index is 0.220. The highest BCUT2D eigenvalue weighted by Gasteiger charge is 2.07. The number of nitrogens with one attached hydrogen (secondary N) is 2. The standard InChI is InChI=1S/C16H19ClN2O2S/c17-15-7-6-13(22-15)8-10-18-16(21)19-11-9-14(20)12-4-2-1-3-5-12/h1-7,14,20H,8-11H2,(H2,18,19,21). The smallest absolute Gasteiger partial charge is 0.314 e. The van der Waals surface area contributed by atoms with Gasteiger partial charge in [-0.15, -0.1) is 11.3 Å². The van der Waals surface area contributed by atoms with Crippen molar-refractivity contribution in [3.63, 3.8) is 0 Å². The summed E-state index contributed by atoms with van der Waals surface area (Å²) in [7, 11) is 0. The van der Waals surface area contributed by atoms with E-state index in [9.17, 15) is 9.90 Å². The molecule has 2 aromatic rings. The van der Waals surface area contributed by atoms with Gasteiger partial charge in [-0.25, -0.2) is 4.79 Å². The summed E-state index contributed by atoms with van der Waals surface area (Å²) >= 11 is 7.37. The average Bonchev–Trinajstić information content (AvgIpc) is 2.93. The van der Waals surface area contributed by atoms with Crippen LogP contribution in [-0.4, -0.2) is 24.2 Å². The van der Waals surface area contributed by atoms with Gasteiger partial charge in [0.25, 0.3) is 0 Å². The summed E-state index contributed by atoms with van der Waals surface area (Å²) < 4.78 is 0.759. The van der Waals surface area contributed by atoms with Crippen LogP contribution in [0.3, 0.4) is 0 Å². The molecule has 1 heterocycles. The Bertz CT molecular complexity index is 589. The van der Waals surface area contributed by atoms with Crippen molar-refractivity contribution < 1.29 is 9.90 Å². The number of amides is 2. The Hall–Kier alpha value is -1.56. The zero-order chi connectivity index (χ0) is 15.8. The first-order valence-electron chi connectivity index (χ1n) is 7.14. The second kappa shape index (κ2) is 8.78. The predicted molar refractivity (Wildman–Crippen MR) is 90.5 cm³/mol. The van der Waals surface area contributed by atoms with Crippen LogP contribution >= 0.6 is 22.9 Å². The Morgan fingerprint density at radius 3 is 2.55 bits per heavy atom. The third-order valence-electron chi connectivity index (χ3n) is 3.17. The normalized spacial score (nSPS) is 11.9. The van der Waals surface area contributed by atoms with Crippen molar-refractivity contribution in [1.29, 1.82) is 0 Å². The van der Waals surface area contributed by atoms with E-state index in [0.717, 1.165) is 21.2 Å². The molecule has 2 amide bonds.